The van der Waals surface area contributed by atoms with Gasteiger partial charge in [-0.2, -0.15) is 4.98 Å². The first-order valence-electron chi connectivity index (χ1n) is 6.63. The molecule has 0 bridgehead atoms. The zero-order valence-electron chi connectivity index (χ0n) is 12.0. The van der Waals surface area contributed by atoms with Crippen molar-refractivity contribution in [2.24, 2.45) is 0 Å². The summed E-state index contributed by atoms with van der Waals surface area (Å²) in [6.07, 6.45) is 0. The molecule has 2 rings (SSSR count). The molecule has 0 aliphatic carbocycles. The van der Waals surface area contributed by atoms with E-state index < -0.39 is 0 Å². The number of benzene rings is 1. The second-order valence-corrected chi connectivity index (χ2v) is 5.62. The lowest BCUT2D eigenvalue weighted by Crippen LogP contribution is -2.19. The number of rotatable bonds is 5. The van der Waals surface area contributed by atoms with Crippen LogP contribution in [-0.4, -0.2) is 23.6 Å². The van der Waals surface area contributed by atoms with Crippen LogP contribution in [0.3, 0.4) is 0 Å². The summed E-state index contributed by atoms with van der Waals surface area (Å²) < 4.78 is 1.09. The van der Waals surface area contributed by atoms with Gasteiger partial charge in [-0.1, -0.05) is 28.1 Å². The van der Waals surface area contributed by atoms with Crippen LogP contribution in [0.2, 0.25) is 0 Å². The minimum Gasteiger partial charge on any atom is -0.355 e. The summed E-state index contributed by atoms with van der Waals surface area (Å²) in [7, 11) is 2.04. The molecule has 4 nitrogen and oxygen atoms in total. The van der Waals surface area contributed by atoms with Gasteiger partial charge in [0.1, 0.15) is 5.82 Å². The van der Waals surface area contributed by atoms with Gasteiger partial charge in [0, 0.05) is 36.4 Å². The average Bonchev–Trinajstić information content (AvgIpc) is 2.41. The maximum absolute atomic E-state index is 4.53. The minimum atomic E-state index is 0.685. The fourth-order valence-corrected chi connectivity index (χ4v) is 2.19. The van der Waals surface area contributed by atoms with Crippen molar-refractivity contribution in [1.82, 2.24) is 9.97 Å². The predicted molar refractivity (Wildman–Crippen MR) is 87.2 cm³/mol. The normalized spacial score (nSPS) is 10.4. The molecule has 0 fully saturated rings. The summed E-state index contributed by atoms with van der Waals surface area (Å²) in [5, 5.41) is 3.16. The molecule has 0 amide bonds. The van der Waals surface area contributed by atoms with Gasteiger partial charge in [-0.25, -0.2) is 4.98 Å². The van der Waals surface area contributed by atoms with E-state index in [1.165, 1.54) is 5.56 Å². The van der Waals surface area contributed by atoms with Crippen LogP contribution >= 0.6 is 15.9 Å². The van der Waals surface area contributed by atoms with E-state index in [1.54, 1.807) is 0 Å². The molecular formula is C15H19BrN4. The summed E-state index contributed by atoms with van der Waals surface area (Å²) >= 11 is 3.45. The summed E-state index contributed by atoms with van der Waals surface area (Å²) in [5.74, 6) is 1.61. The van der Waals surface area contributed by atoms with Gasteiger partial charge in [-0.15, -0.1) is 0 Å². The highest BCUT2D eigenvalue weighted by Crippen LogP contribution is 2.17. The number of hydrogen-bond donors (Lipinski definition) is 1. The van der Waals surface area contributed by atoms with Crippen LogP contribution in [0.5, 0.6) is 0 Å². The highest BCUT2D eigenvalue weighted by molar-refractivity contribution is 9.10. The third-order valence-electron chi connectivity index (χ3n) is 2.90. The third kappa shape index (κ3) is 3.93. The van der Waals surface area contributed by atoms with Crippen LogP contribution in [0.4, 0.5) is 11.8 Å². The van der Waals surface area contributed by atoms with E-state index in [2.05, 4.69) is 60.4 Å². The molecule has 0 atom stereocenters. The van der Waals surface area contributed by atoms with Crippen molar-refractivity contribution < 1.29 is 0 Å². The Balaban J connectivity index is 2.15. The van der Waals surface area contributed by atoms with E-state index >= 15 is 0 Å². The Kier molecular flexibility index (Phi) is 4.95. The average molecular weight is 335 g/mol. The molecule has 0 saturated carbocycles. The Morgan fingerprint density at radius 3 is 2.55 bits per heavy atom. The molecule has 106 valence electrons. The first-order chi connectivity index (χ1) is 9.58. The van der Waals surface area contributed by atoms with Gasteiger partial charge in [0.05, 0.1) is 0 Å². The number of halogens is 1. The zero-order valence-corrected chi connectivity index (χ0v) is 13.6. The van der Waals surface area contributed by atoms with Crippen LogP contribution in [0, 0.1) is 6.92 Å². The van der Waals surface area contributed by atoms with E-state index in [-0.39, 0.29) is 0 Å². The van der Waals surface area contributed by atoms with Gasteiger partial charge >= 0.3 is 0 Å². The molecule has 2 aromatic rings. The Hall–Kier alpha value is -1.62. The molecule has 1 aromatic heterocycles. The molecule has 0 unspecified atom stereocenters. The lowest BCUT2D eigenvalue weighted by atomic mass is 10.2. The first kappa shape index (κ1) is 14.8. The van der Waals surface area contributed by atoms with Crippen molar-refractivity contribution in [1.29, 1.82) is 0 Å². The van der Waals surface area contributed by atoms with E-state index in [9.17, 15) is 0 Å². The molecule has 20 heavy (non-hydrogen) atoms. The Morgan fingerprint density at radius 1 is 1.20 bits per heavy atom. The Labute approximate surface area is 128 Å². The maximum atomic E-state index is 4.53. The fourth-order valence-electron chi connectivity index (χ4n) is 1.93. The quantitative estimate of drug-likeness (QED) is 0.906. The third-order valence-corrected chi connectivity index (χ3v) is 3.43. The van der Waals surface area contributed by atoms with E-state index in [4.69, 9.17) is 0 Å². The standard InChI is InChI=1S/C15H19BrN4/c1-4-17-15-18-11(2)9-14(19-15)20(3)10-12-5-7-13(16)8-6-12/h5-9H,4,10H2,1-3H3,(H,17,18,19). The van der Waals surface area contributed by atoms with E-state index in [0.29, 0.717) is 5.95 Å². The molecule has 0 aliphatic heterocycles. The molecule has 0 radical (unpaired) electrons. The van der Waals surface area contributed by atoms with Crippen LogP contribution in [0.1, 0.15) is 18.2 Å². The SMILES string of the molecule is CCNc1nc(C)cc(N(C)Cc2ccc(Br)cc2)n1. The molecule has 1 aromatic carbocycles. The number of nitrogens with zero attached hydrogens (tertiary/aromatic N) is 3. The summed E-state index contributed by atoms with van der Waals surface area (Å²) in [6.45, 7) is 5.66. The van der Waals surface area contributed by atoms with Gasteiger partial charge in [0.15, 0.2) is 0 Å². The van der Waals surface area contributed by atoms with Crippen molar-refractivity contribution in [3.05, 3.63) is 46.1 Å². The van der Waals surface area contributed by atoms with Crippen LogP contribution in [-0.2, 0) is 6.54 Å². The van der Waals surface area contributed by atoms with Gasteiger partial charge in [0.25, 0.3) is 0 Å². The molecule has 5 heteroatoms. The van der Waals surface area contributed by atoms with E-state index in [1.807, 2.05) is 27.0 Å². The lowest BCUT2D eigenvalue weighted by Gasteiger charge is -2.19. The van der Waals surface area contributed by atoms with Crippen molar-refractivity contribution in [2.45, 2.75) is 20.4 Å². The largest absolute Gasteiger partial charge is 0.355 e. The summed E-state index contributed by atoms with van der Waals surface area (Å²) in [5.41, 5.74) is 2.21. The van der Waals surface area contributed by atoms with Crippen molar-refractivity contribution in [2.75, 3.05) is 23.8 Å². The van der Waals surface area contributed by atoms with Gasteiger partial charge in [-0.05, 0) is 31.5 Å². The lowest BCUT2D eigenvalue weighted by molar-refractivity contribution is 0.885. The number of aromatic nitrogens is 2. The molecule has 0 aliphatic rings. The van der Waals surface area contributed by atoms with E-state index in [0.717, 1.165) is 29.1 Å². The summed E-state index contributed by atoms with van der Waals surface area (Å²) in [4.78, 5) is 11.0. The van der Waals surface area contributed by atoms with Crippen molar-refractivity contribution in [3.8, 4) is 0 Å². The molecule has 0 saturated heterocycles. The van der Waals surface area contributed by atoms with Crippen molar-refractivity contribution in [3.63, 3.8) is 0 Å². The number of hydrogen-bond acceptors (Lipinski definition) is 4. The Morgan fingerprint density at radius 2 is 1.90 bits per heavy atom. The first-order valence-corrected chi connectivity index (χ1v) is 7.43. The van der Waals surface area contributed by atoms with Crippen molar-refractivity contribution >= 4 is 27.7 Å². The van der Waals surface area contributed by atoms with Gasteiger partial charge in [0.2, 0.25) is 5.95 Å². The maximum Gasteiger partial charge on any atom is 0.224 e. The predicted octanol–water partition coefficient (Wildman–Crippen LogP) is 3.62. The molecule has 1 heterocycles. The second-order valence-electron chi connectivity index (χ2n) is 4.70. The Bertz CT molecular complexity index is 569. The topological polar surface area (TPSA) is 41.1 Å². The van der Waals surface area contributed by atoms with Gasteiger partial charge in [-0.3, -0.25) is 0 Å². The molecule has 0 spiro atoms. The smallest absolute Gasteiger partial charge is 0.224 e. The highest BCUT2D eigenvalue weighted by Gasteiger charge is 2.07. The summed E-state index contributed by atoms with van der Waals surface area (Å²) in [6, 6.07) is 10.3. The minimum absolute atomic E-state index is 0.685. The fraction of sp³-hybridized carbons (Fsp3) is 0.333. The monoisotopic (exact) mass is 334 g/mol. The van der Waals surface area contributed by atoms with Gasteiger partial charge < -0.3 is 10.2 Å². The number of aryl methyl sites for hydroxylation is 1. The molecule has 1 N–H and O–H groups in total. The number of nitrogens with one attached hydrogen (secondary N) is 1. The highest BCUT2D eigenvalue weighted by atomic mass is 79.9. The zero-order chi connectivity index (χ0) is 14.5. The van der Waals surface area contributed by atoms with Crippen LogP contribution in [0.15, 0.2) is 34.8 Å². The number of anilines is 2. The van der Waals surface area contributed by atoms with Crippen LogP contribution in [0.25, 0.3) is 0 Å². The van der Waals surface area contributed by atoms with Crippen LogP contribution < -0.4 is 10.2 Å². The second kappa shape index (κ2) is 6.70. The molecular weight excluding hydrogens is 316 g/mol.